The number of esters is 1. The van der Waals surface area contributed by atoms with Crippen LogP contribution in [-0.4, -0.2) is 49.2 Å². The fourth-order valence-corrected chi connectivity index (χ4v) is 2.46. The summed E-state index contributed by atoms with van der Waals surface area (Å²) in [6.07, 6.45) is 1.94. The van der Waals surface area contributed by atoms with E-state index in [1.807, 2.05) is 20.8 Å². The molecule has 4 nitrogen and oxygen atoms in total. The second-order valence-corrected chi connectivity index (χ2v) is 6.09. The molecule has 0 aliphatic rings. The van der Waals surface area contributed by atoms with Gasteiger partial charge in [-0.2, -0.15) is 0 Å². The molecule has 0 bridgehead atoms. The van der Waals surface area contributed by atoms with Crippen LogP contribution in [0.1, 0.15) is 54.4 Å². The molecule has 3 atom stereocenters. The van der Waals surface area contributed by atoms with Crippen LogP contribution >= 0.6 is 0 Å². The molecule has 0 saturated carbocycles. The predicted molar refractivity (Wildman–Crippen MR) is 84.9 cm³/mol. The van der Waals surface area contributed by atoms with Gasteiger partial charge in [-0.05, 0) is 46.7 Å². The van der Waals surface area contributed by atoms with Gasteiger partial charge in [0.15, 0.2) is 0 Å². The van der Waals surface area contributed by atoms with E-state index >= 15 is 0 Å². The highest BCUT2D eigenvalue weighted by molar-refractivity contribution is 5.80. The first-order valence-corrected chi connectivity index (χ1v) is 7.93. The molecule has 0 aliphatic carbocycles. The van der Waals surface area contributed by atoms with Crippen LogP contribution in [0.4, 0.5) is 0 Å². The second kappa shape index (κ2) is 9.35. The zero-order valence-electron chi connectivity index (χ0n) is 14.5. The monoisotopic (exact) mass is 286 g/mol. The number of hydrogen-bond acceptors (Lipinski definition) is 4. The van der Waals surface area contributed by atoms with Gasteiger partial charge in [-0.3, -0.25) is 4.79 Å². The maximum absolute atomic E-state index is 12.2. The van der Waals surface area contributed by atoms with Gasteiger partial charge in [-0.15, -0.1) is 0 Å². The molecule has 0 spiro atoms. The molecule has 0 aromatic carbocycles. The zero-order chi connectivity index (χ0) is 15.8. The largest absolute Gasteiger partial charge is 0.465 e. The molecule has 120 valence electrons. The van der Waals surface area contributed by atoms with Crippen LogP contribution in [-0.2, 0) is 9.53 Å². The molecule has 0 aromatic rings. The number of carbonyl (C=O) groups is 1. The van der Waals surface area contributed by atoms with Crippen molar-refractivity contribution in [3.63, 3.8) is 0 Å². The summed E-state index contributed by atoms with van der Waals surface area (Å²) >= 11 is 0. The maximum Gasteiger partial charge on any atom is 0.326 e. The molecule has 3 unspecified atom stereocenters. The molecule has 1 N–H and O–H groups in total. The van der Waals surface area contributed by atoms with E-state index in [-0.39, 0.29) is 5.97 Å². The second-order valence-electron chi connectivity index (χ2n) is 6.09. The van der Waals surface area contributed by atoms with Crippen LogP contribution in [0.25, 0.3) is 0 Å². The zero-order valence-corrected chi connectivity index (χ0v) is 14.5. The summed E-state index contributed by atoms with van der Waals surface area (Å²) in [4.78, 5) is 14.5. The van der Waals surface area contributed by atoms with E-state index < -0.39 is 5.54 Å². The number of rotatable bonds is 10. The van der Waals surface area contributed by atoms with E-state index in [1.165, 1.54) is 6.42 Å². The Morgan fingerprint density at radius 3 is 2.35 bits per heavy atom. The minimum Gasteiger partial charge on any atom is -0.465 e. The average Bonchev–Trinajstić information content (AvgIpc) is 2.38. The van der Waals surface area contributed by atoms with Gasteiger partial charge in [-0.1, -0.05) is 27.2 Å². The predicted octanol–water partition coefficient (Wildman–Crippen LogP) is 2.67. The molecule has 20 heavy (non-hydrogen) atoms. The first kappa shape index (κ1) is 19.4. The van der Waals surface area contributed by atoms with E-state index in [0.717, 1.165) is 19.5 Å². The molecule has 0 radical (unpaired) electrons. The number of ether oxygens (including phenoxy) is 1. The van der Waals surface area contributed by atoms with Gasteiger partial charge in [0.05, 0.1) is 6.61 Å². The molecule has 0 amide bonds. The van der Waals surface area contributed by atoms with Gasteiger partial charge in [0, 0.05) is 12.6 Å². The quantitative estimate of drug-likeness (QED) is 0.627. The Morgan fingerprint density at radius 1 is 1.30 bits per heavy atom. The molecule has 0 aromatic heterocycles. The lowest BCUT2D eigenvalue weighted by atomic mass is 9.92. The van der Waals surface area contributed by atoms with Crippen LogP contribution in [0.3, 0.4) is 0 Å². The lowest BCUT2D eigenvalue weighted by molar-refractivity contribution is -0.151. The van der Waals surface area contributed by atoms with Crippen LogP contribution in [0.2, 0.25) is 0 Å². The minimum atomic E-state index is -0.603. The van der Waals surface area contributed by atoms with Gasteiger partial charge in [0.25, 0.3) is 0 Å². The topological polar surface area (TPSA) is 41.6 Å². The summed E-state index contributed by atoms with van der Waals surface area (Å²) in [5, 5.41) is 3.30. The number of likely N-dealkylation sites (N-methyl/N-ethyl adjacent to an activating group) is 1. The van der Waals surface area contributed by atoms with Crippen molar-refractivity contribution in [3.05, 3.63) is 0 Å². The molecular weight excluding hydrogens is 252 g/mol. The number of nitrogens with zero attached hydrogens (tertiary/aromatic N) is 1. The van der Waals surface area contributed by atoms with Gasteiger partial charge in [-0.25, -0.2) is 0 Å². The first-order valence-electron chi connectivity index (χ1n) is 7.93. The molecule has 0 saturated heterocycles. The Kier molecular flexibility index (Phi) is 9.06. The van der Waals surface area contributed by atoms with Gasteiger partial charge < -0.3 is 15.0 Å². The number of nitrogens with one attached hydrogen (secondary N) is 1. The average molecular weight is 286 g/mol. The summed E-state index contributed by atoms with van der Waals surface area (Å²) in [7, 11) is 2.13. The van der Waals surface area contributed by atoms with E-state index in [1.54, 1.807) is 0 Å². The van der Waals surface area contributed by atoms with Crippen molar-refractivity contribution < 1.29 is 9.53 Å². The summed E-state index contributed by atoms with van der Waals surface area (Å²) in [5.74, 6) is 0.529. The molecule has 0 aliphatic heterocycles. The maximum atomic E-state index is 12.2. The summed E-state index contributed by atoms with van der Waals surface area (Å²) < 4.78 is 5.22. The molecular formula is C16H34N2O2. The van der Waals surface area contributed by atoms with Crippen molar-refractivity contribution in [2.45, 2.75) is 66.0 Å². The fraction of sp³-hybridized carbons (Fsp3) is 0.938. The van der Waals surface area contributed by atoms with Crippen LogP contribution < -0.4 is 5.32 Å². The van der Waals surface area contributed by atoms with Crippen molar-refractivity contribution in [1.82, 2.24) is 10.2 Å². The Hall–Kier alpha value is -0.610. The third-order valence-electron chi connectivity index (χ3n) is 4.05. The van der Waals surface area contributed by atoms with E-state index in [0.29, 0.717) is 18.6 Å². The summed E-state index contributed by atoms with van der Waals surface area (Å²) in [6, 6.07) is 0.331. The highest BCUT2D eigenvalue weighted by atomic mass is 16.5. The van der Waals surface area contributed by atoms with Crippen molar-refractivity contribution in [2.75, 3.05) is 26.7 Å². The van der Waals surface area contributed by atoms with Crippen molar-refractivity contribution in [3.8, 4) is 0 Å². The van der Waals surface area contributed by atoms with Gasteiger partial charge >= 0.3 is 5.97 Å². The van der Waals surface area contributed by atoms with Crippen molar-refractivity contribution in [2.24, 2.45) is 5.92 Å². The van der Waals surface area contributed by atoms with Crippen LogP contribution in [0.5, 0.6) is 0 Å². The summed E-state index contributed by atoms with van der Waals surface area (Å²) in [5.41, 5.74) is -0.603. The first-order chi connectivity index (χ1) is 9.30. The normalized spacial score (nSPS) is 17.6. The Balaban J connectivity index is 4.68. The molecule has 0 heterocycles. The van der Waals surface area contributed by atoms with Crippen molar-refractivity contribution in [1.29, 1.82) is 0 Å². The lowest BCUT2D eigenvalue weighted by Gasteiger charge is -2.35. The Labute approximate surface area is 125 Å². The highest BCUT2D eigenvalue weighted by Gasteiger charge is 2.36. The van der Waals surface area contributed by atoms with E-state index in [4.69, 9.17) is 4.74 Å². The third kappa shape index (κ3) is 6.23. The smallest absolute Gasteiger partial charge is 0.326 e. The molecule has 0 rings (SSSR count). The molecule has 4 heteroatoms. The Morgan fingerprint density at radius 2 is 1.90 bits per heavy atom. The summed E-state index contributed by atoms with van der Waals surface area (Å²) in [6.45, 7) is 14.7. The van der Waals surface area contributed by atoms with Gasteiger partial charge in [0.2, 0.25) is 0 Å². The fourth-order valence-electron chi connectivity index (χ4n) is 2.46. The van der Waals surface area contributed by atoms with E-state index in [9.17, 15) is 4.79 Å². The van der Waals surface area contributed by atoms with E-state index in [2.05, 4.69) is 38.0 Å². The highest BCUT2D eigenvalue weighted by Crippen LogP contribution is 2.19. The third-order valence-corrected chi connectivity index (χ3v) is 4.05. The number of carbonyl (C=O) groups excluding carboxylic acids is 1. The van der Waals surface area contributed by atoms with Gasteiger partial charge in [0.1, 0.15) is 5.54 Å². The number of hydrogen-bond donors (Lipinski definition) is 1. The molecule has 0 fully saturated rings. The van der Waals surface area contributed by atoms with Crippen molar-refractivity contribution >= 4 is 5.97 Å². The van der Waals surface area contributed by atoms with Crippen LogP contribution in [0, 0.1) is 5.92 Å². The minimum absolute atomic E-state index is 0.148. The van der Waals surface area contributed by atoms with Crippen LogP contribution in [0.15, 0.2) is 0 Å². The Bertz CT molecular complexity index is 284. The SMILES string of the molecule is CCNC(C)(CC(C)N(C)CC(C)CC)C(=O)OCC. The standard InChI is InChI=1S/C16H34N2O2/c1-8-13(4)12-18(7)14(5)11-16(6,17-9-2)15(19)20-10-3/h13-14,17H,8-12H2,1-7H3. The lowest BCUT2D eigenvalue weighted by Crippen LogP contribution is -2.54.